The van der Waals surface area contributed by atoms with Crippen molar-refractivity contribution in [2.45, 2.75) is 13.0 Å². The summed E-state index contributed by atoms with van der Waals surface area (Å²) < 4.78 is 12.0. The Labute approximate surface area is 110 Å². The molecule has 0 radical (unpaired) electrons. The number of tetrazole rings is 1. The van der Waals surface area contributed by atoms with E-state index in [2.05, 4.69) is 15.5 Å². The zero-order valence-electron chi connectivity index (χ0n) is 10.9. The standard InChI is InChI=1S/C12H16N4O3/c1-18-10-4-3-9(7-11(10)19-2)8-12-13-14-15-16(12)5-6-17/h3-4,7,17H,5-6,8H2,1-2H3. The highest BCUT2D eigenvalue weighted by Crippen LogP contribution is 2.28. The number of aliphatic hydroxyl groups is 1. The molecule has 2 aromatic rings. The van der Waals surface area contributed by atoms with E-state index < -0.39 is 0 Å². The van der Waals surface area contributed by atoms with Gasteiger partial charge in [-0.3, -0.25) is 0 Å². The summed E-state index contributed by atoms with van der Waals surface area (Å²) in [5.41, 5.74) is 1.01. The van der Waals surface area contributed by atoms with Gasteiger partial charge in [0.05, 0.1) is 27.4 Å². The van der Waals surface area contributed by atoms with Gasteiger partial charge in [-0.05, 0) is 28.1 Å². The number of benzene rings is 1. The lowest BCUT2D eigenvalue weighted by Gasteiger charge is -2.09. The Bertz CT molecular complexity index is 542. The molecular weight excluding hydrogens is 248 g/mol. The third kappa shape index (κ3) is 3.00. The van der Waals surface area contributed by atoms with E-state index in [4.69, 9.17) is 14.6 Å². The molecule has 7 heteroatoms. The lowest BCUT2D eigenvalue weighted by atomic mass is 10.1. The first kappa shape index (κ1) is 13.3. The molecular formula is C12H16N4O3. The van der Waals surface area contributed by atoms with E-state index in [1.54, 1.807) is 18.9 Å². The molecule has 0 bridgehead atoms. The highest BCUT2D eigenvalue weighted by atomic mass is 16.5. The first-order chi connectivity index (χ1) is 9.28. The molecule has 1 aromatic heterocycles. The fraction of sp³-hybridized carbons (Fsp3) is 0.417. The largest absolute Gasteiger partial charge is 0.493 e. The van der Waals surface area contributed by atoms with Crippen molar-refractivity contribution in [2.24, 2.45) is 0 Å². The average Bonchev–Trinajstić information content (AvgIpc) is 2.86. The minimum absolute atomic E-state index is 0.00394. The zero-order chi connectivity index (χ0) is 13.7. The summed E-state index contributed by atoms with van der Waals surface area (Å²) in [7, 11) is 3.19. The summed E-state index contributed by atoms with van der Waals surface area (Å²) in [6, 6.07) is 5.66. The first-order valence-corrected chi connectivity index (χ1v) is 5.85. The van der Waals surface area contributed by atoms with Gasteiger partial charge >= 0.3 is 0 Å². The van der Waals surface area contributed by atoms with Gasteiger partial charge in [-0.1, -0.05) is 6.07 Å². The smallest absolute Gasteiger partial charge is 0.161 e. The number of hydrogen-bond donors (Lipinski definition) is 1. The highest BCUT2D eigenvalue weighted by molar-refractivity contribution is 5.43. The van der Waals surface area contributed by atoms with Crippen LogP contribution >= 0.6 is 0 Å². The molecule has 19 heavy (non-hydrogen) atoms. The Balaban J connectivity index is 2.21. The van der Waals surface area contributed by atoms with Crippen LogP contribution in [0.25, 0.3) is 0 Å². The molecule has 0 aliphatic carbocycles. The number of nitrogens with zero attached hydrogens (tertiary/aromatic N) is 4. The van der Waals surface area contributed by atoms with Gasteiger partial charge in [-0.25, -0.2) is 4.68 Å². The van der Waals surface area contributed by atoms with Crippen molar-refractivity contribution in [1.82, 2.24) is 20.2 Å². The lowest BCUT2D eigenvalue weighted by Crippen LogP contribution is -2.09. The minimum Gasteiger partial charge on any atom is -0.493 e. The minimum atomic E-state index is 0.00394. The van der Waals surface area contributed by atoms with E-state index in [1.807, 2.05) is 18.2 Å². The number of hydrogen-bond acceptors (Lipinski definition) is 6. The normalized spacial score (nSPS) is 10.5. The molecule has 0 fully saturated rings. The van der Waals surface area contributed by atoms with E-state index in [0.717, 1.165) is 5.56 Å². The summed E-state index contributed by atoms with van der Waals surface area (Å²) in [4.78, 5) is 0. The quantitative estimate of drug-likeness (QED) is 0.806. The van der Waals surface area contributed by atoms with Gasteiger partial charge in [0.25, 0.3) is 0 Å². The maximum Gasteiger partial charge on any atom is 0.161 e. The molecule has 102 valence electrons. The summed E-state index contributed by atoms with van der Waals surface area (Å²) >= 11 is 0. The van der Waals surface area contributed by atoms with Crippen LogP contribution in [-0.2, 0) is 13.0 Å². The first-order valence-electron chi connectivity index (χ1n) is 5.85. The van der Waals surface area contributed by atoms with Crippen LogP contribution in [0.4, 0.5) is 0 Å². The molecule has 0 atom stereocenters. The predicted octanol–water partition coefficient (Wildman–Crippen LogP) is 0.273. The van der Waals surface area contributed by atoms with Crippen LogP contribution in [0.5, 0.6) is 11.5 Å². The molecule has 0 saturated carbocycles. The van der Waals surface area contributed by atoms with E-state index in [0.29, 0.717) is 30.3 Å². The van der Waals surface area contributed by atoms with E-state index in [-0.39, 0.29) is 6.61 Å². The fourth-order valence-electron chi connectivity index (χ4n) is 1.79. The average molecular weight is 264 g/mol. The third-order valence-corrected chi connectivity index (χ3v) is 2.73. The molecule has 0 saturated heterocycles. The number of methoxy groups -OCH3 is 2. The van der Waals surface area contributed by atoms with Crippen molar-refractivity contribution < 1.29 is 14.6 Å². The molecule has 1 heterocycles. The lowest BCUT2D eigenvalue weighted by molar-refractivity contribution is 0.266. The maximum atomic E-state index is 8.93. The number of ether oxygens (including phenoxy) is 2. The monoisotopic (exact) mass is 264 g/mol. The summed E-state index contributed by atoms with van der Waals surface area (Å²) in [5, 5.41) is 20.3. The van der Waals surface area contributed by atoms with Crippen molar-refractivity contribution in [3.8, 4) is 11.5 Å². The van der Waals surface area contributed by atoms with Crippen LogP contribution < -0.4 is 9.47 Å². The van der Waals surface area contributed by atoms with E-state index in [1.165, 1.54) is 0 Å². The fourth-order valence-corrected chi connectivity index (χ4v) is 1.79. The molecule has 2 rings (SSSR count). The molecule has 1 aromatic carbocycles. The topological polar surface area (TPSA) is 82.3 Å². The predicted molar refractivity (Wildman–Crippen MR) is 67.3 cm³/mol. The van der Waals surface area contributed by atoms with Crippen LogP contribution in [0.1, 0.15) is 11.4 Å². The Morgan fingerprint density at radius 2 is 2.00 bits per heavy atom. The maximum absolute atomic E-state index is 8.93. The van der Waals surface area contributed by atoms with E-state index >= 15 is 0 Å². The molecule has 0 amide bonds. The van der Waals surface area contributed by atoms with Crippen LogP contribution in [0.15, 0.2) is 18.2 Å². The molecule has 0 aliphatic rings. The van der Waals surface area contributed by atoms with Crippen LogP contribution in [0, 0.1) is 0 Å². The summed E-state index contributed by atoms with van der Waals surface area (Å²) in [6.07, 6.45) is 0.563. The highest BCUT2D eigenvalue weighted by Gasteiger charge is 2.09. The molecule has 7 nitrogen and oxygen atoms in total. The van der Waals surface area contributed by atoms with Crippen LogP contribution in [0.3, 0.4) is 0 Å². The zero-order valence-corrected chi connectivity index (χ0v) is 10.9. The van der Waals surface area contributed by atoms with Crippen molar-refractivity contribution in [3.63, 3.8) is 0 Å². The third-order valence-electron chi connectivity index (χ3n) is 2.73. The second-order valence-corrected chi connectivity index (χ2v) is 3.91. The second-order valence-electron chi connectivity index (χ2n) is 3.91. The van der Waals surface area contributed by atoms with Crippen LogP contribution in [-0.4, -0.2) is 46.1 Å². The van der Waals surface area contributed by atoms with Gasteiger partial charge in [0.15, 0.2) is 17.3 Å². The number of aromatic nitrogens is 4. The number of rotatable bonds is 6. The second kappa shape index (κ2) is 6.14. The van der Waals surface area contributed by atoms with Crippen molar-refractivity contribution >= 4 is 0 Å². The van der Waals surface area contributed by atoms with Gasteiger partial charge in [-0.2, -0.15) is 0 Å². The summed E-state index contributed by atoms with van der Waals surface area (Å²) in [6.45, 7) is 0.388. The van der Waals surface area contributed by atoms with Gasteiger partial charge in [0, 0.05) is 6.42 Å². The van der Waals surface area contributed by atoms with Gasteiger partial charge in [-0.15, -0.1) is 5.10 Å². The van der Waals surface area contributed by atoms with Crippen LogP contribution in [0.2, 0.25) is 0 Å². The Morgan fingerprint density at radius 3 is 2.68 bits per heavy atom. The summed E-state index contributed by atoms with van der Waals surface area (Å²) in [5.74, 6) is 2.05. The van der Waals surface area contributed by atoms with Gasteiger partial charge < -0.3 is 14.6 Å². The van der Waals surface area contributed by atoms with E-state index in [9.17, 15) is 0 Å². The molecule has 0 unspecified atom stereocenters. The molecule has 1 N–H and O–H groups in total. The SMILES string of the molecule is COc1ccc(Cc2nnnn2CCO)cc1OC. The van der Waals surface area contributed by atoms with Gasteiger partial charge in [0.2, 0.25) is 0 Å². The Hall–Kier alpha value is -2.15. The van der Waals surface area contributed by atoms with Gasteiger partial charge in [0.1, 0.15) is 0 Å². The van der Waals surface area contributed by atoms with Crippen molar-refractivity contribution in [3.05, 3.63) is 29.6 Å². The Kier molecular flexibility index (Phi) is 4.30. The molecule has 0 spiro atoms. The van der Waals surface area contributed by atoms with Crippen molar-refractivity contribution in [1.29, 1.82) is 0 Å². The Morgan fingerprint density at radius 1 is 1.21 bits per heavy atom. The molecule has 0 aliphatic heterocycles. The van der Waals surface area contributed by atoms with Crippen molar-refractivity contribution in [2.75, 3.05) is 20.8 Å². The number of aliphatic hydroxyl groups excluding tert-OH is 1.